The summed E-state index contributed by atoms with van der Waals surface area (Å²) in [5.74, 6) is 0. The maximum atomic E-state index is 11.9. The van der Waals surface area contributed by atoms with Crippen LogP contribution in [0.1, 0.15) is 17.2 Å². The summed E-state index contributed by atoms with van der Waals surface area (Å²) in [4.78, 5) is 11.9. The highest BCUT2D eigenvalue weighted by Crippen LogP contribution is 2.35. The van der Waals surface area contributed by atoms with E-state index in [1.807, 2.05) is 43.4 Å². The third kappa shape index (κ3) is 1.80. The van der Waals surface area contributed by atoms with Crippen LogP contribution >= 0.6 is 0 Å². The first-order valence-corrected chi connectivity index (χ1v) is 6.94. The van der Waals surface area contributed by atoms with E-state index in [0.29, 0.717) is 0 Å². The van der Waals surface area contributed by atoms with Crippen molar-refractivity contribution >= 4 is 22.6 Å². The first-order valence-electron chi connectivity index (χ1n) is 6.94. The highest BCUT2D eigenvalue weighted by atomic mass is 16.2. The molecular formula is C17H15N3O. The Labute approximate surface area is 122 Å². The molecule has 2 aromatic carbocycles. The van der Waals surface area contributed by atoms with Gasteiger partial charge in [-0.1, -0.05) is 36.4 Å². The van der Waals surface area contributed by atoms with Crippen molar-refractivity contribution < 1.29 is 4.79 Å². The molecule has 4 nitrogen and oxygen atoms in total. The van der Waals surface area contributed by atoms with Crippen molar-refractivity contribution in [3.05, 3.63) is 65.9 Å². The topological polar surface area (TPSA) is 46.1 Å². The summed E-state index contributed by atoms with van der Waals surface area (Å²) < 4.78 is 2.10. The lowest BCUT2D eigenvalue weighted by molar-refractivity contribution is 0.249. The van der Waals surface area contributed by atoms with E-state index in [1.165, 1.54) is 5.39 Å². The fourth-order valence-corrected chi connectivity index (χ4v) is 3.08. The Morgan fingerprint density at radius 2 is 1.76 bits per heavy atom. The molecule has 1 aliphatic rings. The van der Waals surface area contributed by atoms with Crippen molar-refractivity contribution in [2.24, 2.45) is 7.05 Å². The molecule has 0 radical (unpaired) electrons. The maximum Gasteiger partial charge on any atom is 0.320 e. The van der Waals surface area contributed by atoms with Gasteiger partial charge < -0.3 is 15.2 Å². The minimum atomic E-state index is -0.161. The van der Waals surface area contributed by atoms with Crippen LogP contribution in [0, 0.1) is 0 Å². The van der Waals surface area contributed by atoms with E-state index in [9.17, 15) is 4.79 Å². The van der Waals surface area contributed by atoms with Crippen molar-refractivity contribution in [3.8, 4) is 0 Å². The van der Waals surface area contributed by atoms with Gasteiger partial charge in [-0.15, -0.1) is 0 Å². The second-order valence-electron chi connectivity index (χ2n) is 5.33. The first kappa shape index (κ1) is 12.0. The summed E-state index contributed by atoms with van der Waals surface area (Å²) in [5.41, 5.74) is 4.25. The van der Waals surface area contributed by atoms with Crippen LogP contribution in [0.3, 0.4) is 0 Å². The number of para-hydroxylation sites is 2. The van der Waals surface area contributed by atoms with Gasteiger partial charge in [0.15, 0.2) is 0 Å². The maximum absolute atomic E-state index is 11.9. The predicted molar refractivity (Wildman–Crippen MR) is 83.4 cm³/mol. The van der Waals surface area contributed by atoms with E-state index in [1.54, 1.807) is 0 Å². The second kappa shape index (κ2) is 4.38. The van der Waals surface area contributed by atoms with Gasteiger partial charge in [0.25, 0.3) is 0 Å². The molecular weight excluding hydrogens is 262 g/mol. The van der Waals surface area contributed by atoms with Crippen molar-refractivity contribution in [2.45, 2.75) is 6.04 Å². The number of amides is 2. The van der Waals surface area contributed by atoms with Gasteiger partial charge in [0, 0.05) is 41.0 Å². The largest absolute Gasteiger partial charge is 0.350 e. The number of aromatic nitrogens is 1. The molecule has 1 unspecified atom stereocenters. The minimum Gasteiger partial charge on any atom is -0.350 e. The molecule has 104 valence electrons. The summed E-state index contributed by atoms with van der Waals surface area (Å²) in [6.45, 7) is 0. The van der Waals surface area contributed by atoms with E-state index in [-0.39, 0.29) is 12.1 Å². The summed E-state index contributed by atoms with van der Waals surface area (Å²) >= 11 is 0. The van der Waals surface area contributed by atoms with Gasteiger partial charge in [0.05, 0.1) is 6.04 Å². The molecule has 2 amide bonds. The van der Waals surface area contributed by atoms with Crippen molar-refractivity contribution in [2.75, 3.05) is 5.32 Å². The number of nitrogens with zero attached hydrogens (tertiary/aromatic N) is 1. The van der Waals surface area contributed by atoms with Crippen LogP contribution in [-0.2, 0) is 7.05 Å². The smallest absolute Gasteiger partial charge is 0.320 e. The summed E-state index contributed by atoms with van der Waals surface area (Å²) in [6.07, 6.45) is 2.09. The van der Waals surface area contributed by atoms with Gasteiger partial charge in [-0.2, -0.15) is 0 Å². The zero-order valence-corrected chi connectivity index (χ0v) is 11.6. The average Bonchev–Trinajstić information content (AvgIpc) is 2.84. The molecule has 4 rings (SSSR count). The Morgan fingerprint density at radius 1 is 1.00 bits per heavy atom. The van der Waals surface area contributed by atoms with E-state index in [2.05, 4.69) is 33.5 Å². The third-order valence-corrected chi connectivity index (χ3v) is 4.03. The number of fused-ring (bicyclic) bond motifs is 2. The number of nitrogens with one attached hydrogen (secondary N) is 2. The molecule has 1 aliphatic heterocycles. The number of hydrogen-bond donors (Lipinski definition) is 2. The van der Waals surface area contributed by atoms with Crippen molar-refractivity contribution in [1.82, 2.24) is 9.88 Å². The monoisotopic (exact) mass is 277 g/mol. The molecule has 21 heavy (non-hydrogen) atoms. The number of anilines is 1. The number of urea groups is 1. The molecule has 3 aromatic rings. The van der Waals surface area contributed by atoms with Crippen molar-refractivity contribution in [1.29, 1.82) is 0 Å². The number of carbonyl (C=O) groups excluding carboxylic acids is 1. The van der Waals surface area contributed by atoms with E-state index in [0.717, 1.165) is 22.3 Å². The Balaban J connectivity index is 1.95. The fraction of sp³-hybridized carbons (Fsp3) is 0.118. The Hall–Kier alpha value is -2.75. The zero-order chi connectivity index (χ0) is 14.4. The molecule has 1 aromatic heterocycles. The number of carbonyl (C=O) groups is 1. The van der Waals surface area contributed by atoms with Crippen LogP contribution < -0.4 is 10.6 Å². The molecule has 0 aliphatic carbocycles. The van der Waals surface area contributed by atoms with E-state index in [4.69, 9.17) is 0 Å². The third-order valence-electron chi connectivity index (χ3n) is 4.03. The number of aryl methyl sites for hydroxylation is 1. The molecule has 0 saturated heterocycles. The molecule has 2 N–H and O–H groups in total. The first-order chi connectivity index (χ1) is 10.2. The zero-order valence-electron chi connectivity index (χ0n) is 11.6. The van der Waals surface area contributed by atoms with Gasteiger partial charge in [-0.05, 0) is 12.1 Å². The summed E-state index contributed by atoms with van der Waals surface area (Å²) in [5, 5.41) is 7.06. The van der Waals surface area contributed by atoms with Gasteiger partial charge >= 0.3 is 6.03 Å². The summed E-state index contributed by atoms with van der Waals surface area (Å²) in [7, 11) is 2.03. The number of hydrogen-bond acceptors (Lipinski definition) is 1. The van der Waals surface area contributed by atoms with Crippen LogP contribution in [0.5, 0.6) is 0 Å². The van der Waals surface area contributed by atoms with Crippen molar-refractivity contribution in [3.63, 3.8) is 0 Å². The van der Waals surface area contributed by atoms with Gasteiger partial charge in [0.2, 0.25) is 0 Å². The lowest BCUT2D eigenvalue weighted by atomic mass is 9.95. The Bertz CT molecular complexity index is 850. The lowest BCUT2D eigenvalue weighted by Gasteiger charge is -2.27. The number of benzene rings is 2. The van der Waals surface area contributed by atoms with Gasteiger partial charge in [0.1, 0.15) is 0 Å². The molecule has 0 saturated carbocycles. The van der Waals surface area contributed by atoms with E-state index >= 15 is 0 Å². The summed E-state index contributed by atoms with van der Waals surface area (Å²) in [6, 6.07) is 15.9. The second-order valence-corrected chi connectivity index (χ2v) is 5.33. The Morgan fingerprint density at radius 3 is 2.67 bits per heavy atom. The fourth-order valence-electron chi connectivity index (χ4n) is 3.08. The molecule has 0 bridgehead atoms. The Kier molecular flexibility index (Phi) is 2.51. The quantitative estimate of drug-likeness (QED) is 0.703. The standard InChI is InChI=1S/C17H15N3O/c1-20-10-13(11-6-3-5-9-15(11)20)16-12-7-2-4-8-14(12)18-17(21)19-16/h2-10,16H,1H3,(H2,18,19,21). The molecule has 2 heterocycles. The average molecular weight is 277 g/mol. The van der Waals surface area contributed by atoms with Crippen LogP contribution in [0.25, 0.3) is 10.9 Å². The predicted octanol–water partition coefficient (Wildman–Crippen LogP) is 3.40. The van der Waals surface area contributed by atoms with Crippen LogP contribution in [-0.4, -0.2) is 10.6 Å². The molecule has 1 atom stereocenters. The highest BCUT2D eigenvalue weighted by Gasteiger charge is 2.27. The van der Waals surface area contributed by atoms with Gasteiger partial charge in [-0.3, -0.25) is 0 Å². The molecule has 4 heteroatoms. The van der Waals surface area contributed by atoms with Crippen LogP contribution in [0.2, 0.25) is 0 Å². The molecule has 0 spiro atoms. The van der Waals surface area contributed by atoms with E-state index < -0.39 is 0 Å². The van der Waals surface area contributed by atoms with Crippen LogP contribution in [0.4, 0.5) is 10.5 Å². The number of rotatable bonds is 1. The minimum absolute atomic E-state index is 0.124. The van der Waals surface area contributed by atoms with Crippen LogP contribution in [0.15, 0.2) is 54.7 Å². The highest BCUT2D eigenvalue weighted by molar-refractivity contribution is 5.95. The normalized spacial score (nSPS) is 17.2. The van der Waals surface area contributed by atoms with Gasteiger partial charge in [-0.25, -0.2) is 4.79 Å². The molecule has 0 fully saturated rings. The lowest BCUT2D eigenvalue weighted by Crippen LogP contribution is -2.38. The SMILES string of the molecule is Cn1cc(C2NC(=O)Nc3ccccc32)c2ccccc21.